The number of halogens is 2. The van der Waals surface area contributed by atoms with Crippen LogP contribution in [0.2, 0.25) is 41.5 Å². The van der Waals surface area contributed by atoms with E-state index in [0.717, 1.165) is 10.5 Å². The second-order valence-corrected chi connectivity index (χ2v) is 65.4. The molecule has 1 N–H and O–H groups in total. The fourth-order valence-corrected chi connectivity index (χ4v) is 73.6. The van der Waals surface area contributed by atoms with Crippen molar-refractivity contribution in [3.05, 3.63) is 21.5 Å². The van der Waals surface area contributed by atoms with Crippen molar-refractivity contribution >= 4 is 43.3 Å². The van der Waals surface area contributed by atoms with E-state index in [-0.39, 0.29) is 30.4 Å². The molecule has 0 unspecified atom stereocenters. The van der Waals surface area contributed by atoms with E-state index in [0.29, 0.717) is 0 Å². The van der Waals surface area contributed by atoms with E-state index in [1.807, 2.05) is 0 Å². The summed E-state index contributed by atoms with van der Waals surface area (Å²) in [7, 11) is -1.83. The summed E-state index contributed by atoms with van der Waals surface area (Å²) in [5.74, 6) is -1.37. The Hall–Kier alpha value is 1.17. The summed E-state index contributed by atoms with van der Waals surface area (Å²) in [6, 6.07) is 0. The first-order valence-electron chi connectivity index (χ1n) is 9.23. The van der Waals surface area contributed by atoms with Crippen molar-refractivity contribution in [3.63, 3.8) is 0 Å². The van der Waals surface area contributed by atoms with Gasteiger partial charge >= 0.3 is 142 Å². The molecule has 25 heavy (non-hydrogen) atoms. The minimum atomic E-state index is -5.06. The zero-order chi connectivity index (χ0) is 18.5. The average molecular weight is 508 g/mol. The van der Waals surface area contributed by atoms with Gasteiger partial charge in [-0.1, -0.05) is 0 Å². The molecular weight excluding hydrogens is 465 g/mol. The van der Waals surface area contributed by atoms with Gasteiger partial charge in [-0.25, -0.2) is 0 Å². The van der Waals surface area contributed by atoms with Gasteiger partial charge in [-0.15, -0.1) is 24.8 Å². The van der Waals surface area contributed by atoms with Crippen molar-refractivity contribution in [2.45, 2.75) is 81.2 Å². The molecular formula is C18H43Cl2NOSi2Zr. The Balaban J connectivity index is 0. The van der Waals surface area contributed by atoms with Crippen LogP contribution < -0.4 is 3.26 Å². The maximum atomic E-state index is 7.52. The van der Waals surface area contributed by atoms with Crippen LogP contribution >= 0.6 is 24.8 Å². The van der Waals surface area contributed by atoms with Crippen molar-refractivity contribution in [1.29, 1.82) is 0 Å². The van der Waals surface area contributed by atoms with Crippen LogP contribution in [0.1, 0.15) is 34.1 Å². The van der Waals surface area contributed by atoms with E-state index >= 15 is 0 Å². The van der Waals surface area contributed by atoms with Crippen LogP contribution in [0.25, 0.3) is 0 Å². The second kappa shape index (κ2) is 6.61. The normalized spacial score (nSPS) is 19.8. The molecule has 2 nitrogen and oxygen atoms in total. The Morgan fingerprint density at radius 2 is 1.72 bits per heavy atom. The Labute approximate surface area is 165 Å². The molecule has 0 saturated carbocycles. The standard InChI is InChI=1S/C5H5.C4H10N.C3H9OSi.C2H7Si.C2H5.CH3.CH2.2ClH.Zr/c1-2-4-5-3-1;1-4(2,3)5;1-5(2,3)4;1-3-2;1-2;;;;;/h1-3H,4H2;5H,1-3H3;1-3H3;3H,1-2H3;1H2,2H3;1H3;1H2;2*1H;/q;2*-1;;;;;;;+2. The van der Waals surface area contributed by atoms with Crippen molar-refractivity contribution < 1.29 is 17.7 Å². The molecule has 0 aromatic carbocycles. The van der Waals surface area contributed by atoms with Gasteiger partial charge in [0.05, 0.1) is 0 Å². The van der Waals surface area contributed by atoms with Crippen LogP contribution in [0.3, 0.4) is 0 Å². The number of rotatable bonds is 6. The van der Waals surface area contributed by atoms with Gasteiger partial charge in [0.15, 0.2) is 0 Å². The summed E-state index contributed by atoms with van der Waals surface area (Å²) in [6.45, 7) is 21.1. The number of nitrogens with one attached hydrogen (secondary N) is 1. The predicted octanol–water partition coefficient (Wildman–Crippen LogP) is 6.41. The van der Waals surface area contributed by atoms with Gasteiger partial charge in [0, 0.05) is 0 Å². The Kier molecular flexibility index (Phi) is 7.50. The molecule has 7 heteroatoms. The van der Waals surface area contributed by atoms with E-state index in [1.165, 1.54) is 3.28 Å². The van der Waals surface area contributed by atoms with Crippen molar-refractivity contribution in [1.82, 2.24) is 3.26 Å². The van der Waals surface area contributed by atoms with E-state index in [1.54, 1.807) is 0 Å². The second-order valence-electron chi connectivity index (χ2n) is 11.5. The van der Waals surface area contributed by atoms with Crippen LogP contribution in [0.4, 0.5) is 0 Å². The van der Waals surface area contributed by atoms with Gasteiger partial charge < -0.3 is 0 Å². The average Bonchev–Trinajstić information content (AvgIpc) is 2.79. The van der Waals surface area contributed by atoms with E-state index in [4.69, 9.17) is 6.71 Å². The monoisotopic (exact) mass is 505 g/mol. The van der Waals surface area contributed by atoms with Crippen molar-refractivity contribution in [3.8, 4) is 0 Å². The van der Waals surface area contributed by atoms with Crippen molar-refractivity contribution in [2.24, 2.45) is 0 Å². The van der Waals surface area contributed by atoms with E-state index in [2.05, 4.69) is 86.6 Å². The van der Waals surface area contributed by atoms with Crippen LogP contribution in [0, 0.1) is 0 Å². The number of hydrogen-bond donors (Lipinski definition) is 1. The molecule has 0 amide bonds. The maximum absolute atomic E-state index is 7.52. The molecule has 1 rings (SSSR count). The zero-order valence-electron chi connectivity index (χ0n) is 18.2. The van der Waals surface area contributed by atoms with Gasteiger partial charge in [0.25, 0.3) is 0 Å². The third-order valence-corrected chi connectivity index (χ3v) is 81.3. The summed E-state index contributed by atoms with van der Waals surface area (Å²) in [6.07, 6.45) is 7.82. The minimum absolute atomic E-state index is 0. The quantitative estimate of drug-likeness (QED) is 0.420. The summed E-state index contributed by atoms with van der Waals surface area (Å²) < 4.78 is 22.0. The van der Waals surface area contributed by atoms with E-state index < -0.39 is 29.5 Å². The SMILES string of the molecule is Cl.Cl.[CH2]=[Zr]([CH3])([CH2]C)([NH]C(C)(C)C)([O][Si](C)(C)C)([C]1=CC=CC1)[SiH](C)C. The van der Waals surface area contributed by atoms with Gasteiger partial charge in [-0.2, -0.15) is 0 Å². The summed E-state index contributed by atoms with van der Waals surface area (Å²) >= 11 is -5.06. The Morgan fingerprint density at radius 3 is 1.96 bits per heavy atom. The predicted molar refractivity (Wildman–Crippen MR) is 126 cm³/mol. The molecule has 0 aromatic rings. The van der Waals surface area contributed by atoms with Gasteiger partial charge in [0.1, 0.15) is 0 Å². The van der Waals surface area contributed by atoms with Crippen LogP contribution in [-0.2, 0) is 17.7 Å². The topological polar surface area (TPSA) is 21.3 Å². The number of allylic oxidation sites excluding steroid dienone is 4. The third-order valence-electron chi connectivity index (χ3n) is 7.11. The molecule has 0 saturated heterocycles. The molecule has 0 aliphatic heterocycles. The van der Waals surface area contributed by atoms with Gasteiger partial charge in [0.2, 0.25) is 0 Å². The summed E-state index contributed by atoms with van der Waals surface area (Å²) in [4.78, 5) is 0. The molecule has 0 radical (unpaired) electrons. The Bertz CT molecular complexity index is 677. The summed E-state index contributed by atoms with van der Waals surface area (Å²) in [5.41, 5.74) is -0.0331. The first kappa shape index (κ1) is 28.4. The van der Waals surface area contributed by atoms with Crippen molar-refractivity contribution in [2.75, 3.05) is 0 Å². The van der Waals surface area contributed by atoms with Crippen LogP contribution in [0.5, 0.6) is 0 Å². The van der Waals surface area contributed by atoms with E-state index in [9.17, 15) is 0 Å². The molecule has 1 aliphatic rings. The Morgan fingerprint density at radius 1 is 1.24 bits per heavy atom. The van der Waals surface area contributed by atoms with Crippen LogP contribution in [0.15, 0.2) is 21.5 Å². The van der Waals surface area contributed by atoms with Crippen LogP contribution in [-0.4, -0.2) is 24.0 Å². The first-order chi connectivity index (χ1) is 9.88. The molecule has 0 heterocycles. The summed E-state index contributed by atoms with van der Waals surface area (Å²) in [5, 5.41) is 0. The molecule has 0 atom stereocenters. The van der Waals surface area contributed by atoms with Gasteiger partial charge in [-0.3, -0.25) is 0 Å². The molecule has 0 fully saturated rings. The fraction of sp³-hybridized carbons (Fsp3) is 0.722. The molecule has 0 bridgehead atoms. The molecule has 0 spiro atoms. The molecule has 1 aliphatic carbocycles. The molecule has 152 valence electrons. The zero-order valence-corrected chi connectivity index (χ0v) is 24.4. The first-order valence-corrected chi connectivity index (χ1v) is 29.2. The molecule has 0 aromatic heterocycles. The third kappa shape index (κ3) is 4.28. The van der Waals surface area contributed by atoms with Gasteiger partial charge in [-0.05, 0) is 0 Å². The number of hydrogen-bond acceptors (Lipinski definition) is 2. The fourth-order valence-electron chi connectivity index (χ4n) is 5.46.